The molecule has 3 rings (SSSR count). The molecule has 170 valence electrons. The zero-order chi connectivity index (χ0) is 23.8. The minimum atomic E-state index is -4.72. The fraction of sp³-hybridized carbons (Fsp3) is 0.250. The average Bonchev–Trinajstić information content (AvgIpc) is 3.02. The number of nitrogens with one attached hydrogen (secondary N) is 2. The number of nitrogens with zero attached hydrogens (tertiary/aromatic N) is 2. The molecule has 3 aromatic rings. The number of benzene rings is 1. The minimum absolute atomic E-state index is 0.0655. The van der Waals surface area contributed by atoms with Gasteiger partial charge in [0.05, 0.1) is 17.0 Å². The number of amides is 1. The highest BCUT2D eigenvalue weighted by atomic mass is 35.5. The summed E-state index contributed by atoms with van der Waals surface area (Å²) >= 11 is 5.89. The molecule has 4 N–H and O–H groups in total. The summed E-state index contributed by atoms with van der Waals surface area (Å²) in [7, 11) is 0. The second-order valence-corrected chi connectivity index (χ2v) is 7.36. The van der Waals surface area contributed by atoms with Crippen LogP contribution in [0.25, 0.3) is 11.3 Å². The van der Waals surface area contributed by atoms with Gasteiger partial charge in [-0.1, -0.05) is 17.7 Å². The first-order valence-corrected chi connectivity index (χ1v) is 9.58. The van der Waals surface area contributed by atoms with Crippen molar-refractivity contribution in [3.63, 3.8) is 0 Å². The third-order valence-corrected chi connectivity index (χ3v) is 4.91. The van der Waals surface area contributed by atoms with Gasteiger partial charge in [0.2, 0.25) is 0 Å². The molecule has 2 heterocycles. The van der Waals surface area contributed by atoms with Crippen molar-refractivity contribution >= 4 is 29.0 Å². The summed E-state index contributed by atoms with van der Waals surface area (Å²) in [5.74, 6) is -2.22. The average molecular weight is 472 g/mol. The Balaban J connectivity index is 2.09. The Labute approximate surface area is 184 Å². The molecule has 7 nitrogen and oxygen atoms in total. The highest BCUT2D eigenvalue weighted by molar-refractivity contribution is 6.33. The number of ether oxygens (including phenoxy) is 1. The zero-order valence-corrected chi connectivity index (χ0v) is 17.8. The van der Waals surface area contributed by atoms with Crippen LogP contribution in [-0.4, -0.2) is 33.4 Å². The predicted molar refractivity (Wildman–Crippen MR) is 111 cm³/mol. The lowest BCUT2D eigenvalue weighted by molar-refractivity contribution is -0.189. The molecule has 1 atom stereocenters. The summed E-state index contributed by atoms with van der Waals surface area (Å²) in [6, 6.07) is 4.78. The van der Waals surface area contributed by atoms with Gasteiger partial charge >= 0.3 is 6.18 Å². The number of nitrogen functional groups attached to an aromatic ring is 1. The van der Waals surface area contributed by atoms with E-state index >= 15 is 0 Å². The topological polar surface area (TPSA) is 106 Å². The van der Waals surface area contributed by atoms with E-state index in [9.17, 15) is 22.4 Å². The number of carbonyl (C=O) groups is 1. The number of alkyl halides is 3. The van der Waals surface area contributed by atoms with Gasteiger partial charge in [0.25, 0.3) is 5.91 Å². The molecule has 0 aliphatic rings. The van der Waals surface area contributed by atoms with Crippen LogP contribution in [0.5, 0.6) is 5.75 Å². The van der Waals surface area contributed by atoms with Gasteiger partial charge in [0.15, 0.2) is 11.3 Å². The molecule has 0 spiro atoms. The summed E-state index contributed by atoms with van der Waals surface area (Å²) < 4.78 is 59.3. The van der Waals surface area contributed by atoms with Crippen LogP contribution in [0.1, 0.15) is 28.5 Å². The summed E-state index contributed by atoms with van der Waals surface area (Å²) in [5.41, 5.74) is 6.31. The molecule has 0 fully saturated rings. The number of hydrogen-bond donors (Lipinski definition) is 3. The standard InChI is InChI=1S/C20H18ClF4N5O2/c1-8-4-5-14(27-18(8)26)11-7-15(32-10(3)20(23,24)25)12(6-13(11)22)19(31)28-16-9(2)29-30-17(16)21/h4-7,10H,1-3H3,(H2,26,27)(H,28,31)(H,29,30)/t10-/m0/s1. The van der Waals surface area contributed by atoms with Gasteiger partial charge in [-0.05, 0) is 44.5 Å². The molecule has 2 aromatic heterocycles. The Morgan fingerprint density at radius 2 is 1.97 bits per heavy atom. The first-order chi connectivity index (χ1) is 14.9. The van der Waals surface area contributed by atoms with Crippen molar-refractivity contribution in [2.24, 2.45) is 0 Å². The van der Waals surface area contributed by atoms with Crippen LogP contribution in [0.3, 0.4) is 0 Å². The lowest BCUT2D eigenvalue weighted by Crippen LogP contribution is -2.32. The molecule has 0 aliphatic carbocycles. The number of nitrogens with two attached hydrogens (primary N) is 1. The van der Waals surface area contributed by atoms with E-state index in [1.807, 2.05) is 0 Å². The number of H-pyrrole nitrogens is 1. The number of aryl methyl sites for hydroxylation is 2. The Kier molecular flexibility index (Phi) is 6.31. The number of pyridine rings is 1. The summed E-state index contributed by atoms with van der Waals surface area (Å²) in [5, 5.41) is 8.58. The number of halogens is 5. The van der Waals surface area contributed by atoms with Gasteiger partial charge in [-0.2, -0.15) is 18.3 Å². The van der Waals surface area contributed by atoms with Gasteiger partial charge in [-0.15, -0.1) is 0 Å². The number of rotatable bonds is 5. The summed E-state index contributed by atoms with van der Waals surface area (Å²) in [6.45, 7) is 4.02. The lowest BCUT2D eigenvalue weighted by Gasteiger charge is -2.20. The third kappa shape index (κ3) is 4.77. The maximum Gasteiger partial charge on any atom is 0.425 e. The normalized spacial score (nSPS) is 12.5. The predicted octanol–water partition coefficient (Wildman–Crippen LogP) is 5.05. The Morgan fingerprint density at radius 3 is 2.53 bits per heavy atom. The molecule has 32 heavy (non-hydrogen) atoms. The van der Waals surface area contributed by atoms with Crippen LogP contribution in [-0.2, 0) is 0 Å². The largest absolute Gasteiger partial charge is 0.480 e. The maximum atomic E-state index is 14.9. The number of hydrogen-bond acceptors (Lipinski definition) is 5. The van der Waals surface area contributed by atoms with Crippen molar-refractivity contribution in [1.29, 1.82) is 0 Å². The van der Waals surface area contributed by atoms with E-state index in [4.69, 9.17) is 22.1 Å². The van der Waals surface area contributed by atoms with Crippen molar-refractivity contribution in [2.75, 3.05) is 11.1 Å². The van der Waals surface area contributed by atoms with Crippen molar-refractivity contribution in [1.82, 2.24) is 15.2 Å². The Hall–Kier alpha value is -3.34. The van der Waals surface area contributed by atoms with Gasteiger partial charge in [0, 0.05) is 5.56 Å². The molecular formula is C20H18ClF4N5O2. The van der Waals surface area contributed by atoms with Crippen molar-refractivity contribution in [2.45, 2.75) is 33.1 Å². The van der Waals surface area contributed by atoms with Crippen LogP contribution < -0.4 is 15.8 Å². The second-order valence-electron chi connectivity index (χ2n) is 7.00. The molecule has 0 radical (unpaired) electrons. The molecule has 0 saturated carbocycles. The molecule has 0 unspecified atom stereocenters. The van der Waals surface area contributed by atoms with Crippen molar-refractivity contribution in [3.05, 3.63) is 52.1 Å². The molecule has 0 bridgehead atoms. The van der Waals surface area contributed by atoms with Crippen LogP contribution in [0, 0.1) is 19.7 Å². The van der Waals surface area contributed by atoms with Crippen LogP contribution in [0.15, 0.2) is 24.3 Å². The fourth-order valence-electron chi connectivity index (χ4n) is 2.70. The smallest absolute Gasteiger partial charge is 0.425 e. The van der Waals surface area contributed by atoms with E-state index in [1.54, 1.807) is 19.9 Å². The molecule has 0 aliphatic heterocycles. The van der Waals surface area contributed by atoms with Crippen LogP contribution in [0.2, 0.25) is 5.15 Å². The van der Waals surface area contributed by atoms with E-state index in [2.05, 4.69) is 20.5 Å². The Bertz CT molecular complexity index is 1160. The van der Waals surface area contributed by atoms with Crippen LogP contribution in [0.4, 0.5) is 29.1 Å². The van der Waals surface area contributed by atoms with Crippen LogP contribution >= 0.6 is 11.6 Å². The van der Waals surface area contributed by atoms with Crippen molar-refractivity contribution in [3.8, 4) is 17.0 Å². The first kappa shape index (κ1) is 23.3. The summed E-state index contributed by atoms with van der Waals surface area (Å²) in [4.78, 5) is 16.9. The van der Waals surface area contributed by atoms with E-state index in [-0.39, 0.29) is 27.9 Å². The van der Waals surface area contributed by atoms with E-state index in [0.717, 1.165) is 19.1 Å². The highest BCUT2D eigenvalue weighted by Gasteiger charge is 2.39. The monoisotopic (exact) mass is 471 g/mol. The highest BCUT2D eigenvalue weighted by Crippen LogP contribution is 2.34. The SMILES string of the molecule is Cc1ccc(-c2cc(O[C@@H](C)C(F)(F)F)c(C(=O)Nc3c(Cl)n[nH]c3C)cc2F)nc1N. The van der Waals surface area contributed by atoms with Gasteiger partial charge < -0.3 is 15.8 Å². The second kappa shape index (κ2) is 8.65. The molecule has 0 saturated heterocycles. The van der Waals surface area contributed by atoms with E-state index < -0.39 is 35.3 Å². The Morgan fingerprint density at radius 1 is 1.28 bits per heavy atom. The van der Waals surface area contributed by atoms with Gasteiger partial charge in [0.1, 0.15) is 23.1 Å². The zero-order valence-electron chi connectivity index (χ0n) is 17.1. The van der Waals surface area contributed by atoms with E-state index in [1.165, 1.54) is 6.07 Å². The molecule has 1 aromatic carbocycles. The van der Waals surface area contributed by atoms with Gasteiger partial charge in [-0.3, -0.25) is 9.89 Å². The fourth-order valence-corrected chi connectivity index (χ4v) is 2.93. The molecule has 12 heteroatoms. The van der Waals surface area contributed by atoms with E-state index in [0.29, 0.717) is 11.3 Å². The number of aromatic nitrogens is 3. The van der Waals surface area contributed by atoms with Gasteiger partial charge in [-0.25, -0.2) is 9.37 Å². The number of aromatic amines is 1. The third-order valence-electron chi connectivity index (χ3n) is 4.63. The maximum absolute atomic E-state index is 14.9. The summed E-state index contributed by atoms with van der Waals surface area (Å²) in [6.07, 6.45) is -7.00. The number of carbonyl (C=O) groups excluding carboxylic acids is 1. The minimum Gasteiger partial charge on any atom is -0.480 e. The molecular weight excluding hydrogens is 454 g/mol. The molecule has 1 amide bonds. The van der Waals surface area contributed by atoms with Crippen molar-refractivity contribution < 1.29 is 27.1 Å². The quantitative estimate of drug-likeness (QED) is 0.452. The number of anilines is 2. The lowest BCUT2D eigenvalue weighted by atomic mass is 10.0. The first-order valence-electron chi connectivity index (χ1n) is 9.20.